The molecule has 1 aliphatic carbocycles. The lowest BCUT2D eigenvalue weighted by Crippen LogP contribution is -2.48. The van der Waals surface area contributed by atoms with E-state index in [1.54, 1.807) is 0 Å². The van der Waals surface area contributed by atoms with Crippen LogP contribution in [-0.2, 0) is 9.84 Å². The summed E-state index contributed by atoms with van der Waals surface area (Å²) < 4.78 is 23.2. The van der Waals surface area contributed by atoms with Crippen LogP contribution in [0.25, 0.3) is 0 Å². The van der Waals surface area contributed by atoms with Gasteiger partial charge in [0.25, 0.3) is 0 Å². The molecule has 1 aliphatic heterocycles. The van der Waals surface area contributed by atoms with Crippen molar-refractivity contribution in [1.82, 2.24) is 4.90 Å². The number of hydrogen-bond acceptors (Lipinski definition) is 4. The molecule has 2 N–H and O–H groups in total. The van der Waals surface area contributed by atoms with Gasteiger partial charge in [-0.2, -0.15) is 0 Å². The standard InChI is InChI=1S/C12H24N2O2S/c13-11-5-2-1-3-6-12(11)14-7-4-9-17(15,16)10-8-14/h11-12H,1-10,13H2. The van der Waals surface area contributed by atoms with Gasteiger partial charge in [-0.1, -0.05) is 19.3 Å². The number of nitrogens with two attached hydrogens (primary N) is 1. The molecule has 0 radical (unpaired) electrons. The monoisotopic (exact) mass is 260 g/mol. The Hall–Kier alpha value is -0.130. The predicted molar refractivity (Wildman–Crippen MR) is 69.7 cm³/mol. The molecule has 1 heterocycles. The molecule has 1 saturated heterocycles. The van der Waals surface area contributed by atoms with Crippen molar-refractivity contribution in [3.05, 3.63) is 0 Å². The number of sulfone groups is 1. The van der Waals surface area contributed by atoms with Gasteiger partial charge in [-0.3, -0.25) is 4.90 Å². The molecule has 4 nitrogen and oxygen atoms in total. The average molecular weight is 260 g/mol. The molecule has 0 aromatic heterocycles. The molecule has 1 saturated carbocycles. The number of rotatable bonds is 1. The summed E-state index contributed by atoms with van der Waals surface area (Å²) in [6.45, 7) is 1.58. The van der Waals surface area contributed by atoms with Crippen molar-refractivity contribution in [3.8, 4) is 0 Å². The van der Waals surface area contributed by atoms with Gasteiger partial charge in [0.15, 0.2) is 9.84 Å². The maximum absolute atomic E-state index is 11.6. The summed E-state index contributed by atoms with van der Waals surface area (Å²) in [7, 11) is -2.80. The molecule has 0 spiro atoms. The Balaban J connectivity index is 2.00. The molecular weight excluding hydrogens is 236 g/mol. The van der Waals surface area contributed by atoms with Gasteiger partial charge in [-0.25, -0.2) is 8.42 Å². The molecule has 0 bridgehead atoms. The SMILES string of the molecule is NC1CCCCCC1N1CCCS(=O)(=O)CC1. The summed E-state index contributed by atoms with van der Waals surface area (Å²) in [5, 5.41) is 0. The molecule has 17 heavy (non-hydrogen) atoms. The number of nitrogens with zero attached hydrogens (tertiary/aromatic N) is 1. The first-order chi connectivity index (χ1) is 8.08. The van der Waals surface area contributed by atoms with Gasteiger partial charge < -0.3 is 5.73 Å². The van der Waals surface area contributed by atoms with E-state index in [0.29, 0.717) is 24.1 Å². The normalized spacial score (nSPS) is 36.1. The van der Waals surface area contributed by atoms with Gasteiger partial charge in [-0.05, 0) is 25.8 Å². The second kappa shape index (κ2) is 5.67. The van der Waals surface area contributed by atoms with Crippen LogP contribution < -0.4 is 5.73 Å². The lowest BCUT2D eigenvalue weighted by molar-refractivity contribution is 0.175. The summed E-state index contributed by atoms with van der Waals surface area (Å²) >= 11 is 0. The van der Waals surface area contributed by atoms with Crippen LogP contribution in [-0.4, -0.2) is 50.0 Å². The van der Waals surface area contributed by atoms with Gasteiger partial charge in [0, 0.05) is 18.6 Å². The first-order valence-electron chi connectivity index (χ1n) is 6.78. The fourth-order valence-electron chi connectivity index (χ4n) is 3.06. The third-order valence-corrected chi connectivity index (χ3v) is 5.81. The van der Waals surface area contributed by atoms with E-state index in [2.05, 4.69) is 4.90 Å². The fourth-order valence-corrected chi connectivity index (χ4v) is 4.35. The molecule has 2 fully saturated rings. The van der Waals surface area contributed by atoms with Gasteiger partial charge in [-0.15, -0.1) is 0 Å². The molecule has 2 rings (SSSR count). The molecule has 5 heteroatoms. The second-order valence-electron chi connectivity index (χ2n) is 5.41. The Morgan fingerprint density at radius 2 is 1.71 bits per heavy atom. The summed E-state index contributed by atoms with van der Waals surface area (Å²) in [6, 6.07) is 0.643. The van der Waals surface area contributed by atoms with Crippen LogP contribution in [0, 0.1) is 0 Å². The minimum absolute atomic E-state index is 0.235. The first-order valence-corrected chi connectivity index (χ1v) is 8.61. The van der Waals surface area contributed by atoms with Crippen LogP contribution in [0.1, 0.15) is 38.5 Å². The minimum atomic E-state index is -2.80. The first kappa shape index (κ1) is 13.3. The summed E-state index contributed by atoms with van der Waals surface area (Å²) in [5.74, 6) is 0.668. The zero-order chi connectivity index (χ0) is 12.3. The van der Waals surface area contributed by atoms with Crippen molar-refractivity contribution in [2.75, 3.05) is 24.6 Å². The highest BCUT2D eigenvalue weighted by atomic mass is 32.2. The van der Waals surface area contributed by atoms with E-state index in [9.17, 15) is 8.42 Å². The van der Waals surface area contributed by atoms with Crippen LogP contribution in [0.15, 0.2) is 0 Å². The van der Waals surface area contributed by atoms with Gasteiger partial charge in [0.2, 0.25) is 0 Å². The van der Waals surface area contributed by atoms with Crippen molar-refractivity contribution in [2.24, 2.45) is 5.73 Å². The largest absolute Gasteiger partial charge is 0.326 e. The molecule has 0 aromatic rings. The van der Waals surface area contributed by atoms with Crippen LogP contribution in [0.5, 0.6) is 0 Å². The smallest absolute Gasteiger partial charge is 0.151 e. The van der Waals surface area contributed by atoms with Crippen molar-refractivity contribution in [2.45, 2.75) is 50.6 Å². The maximum Gasteiger partial charge on any atom is 0.151 e. The summed E-state index contributed by atoms with van der Waals surface area (Å²) in [5.41, 5.74) is 6.24. The van der Waals surface area contributed by atoms with Crippen LogP contribution in [0.4, 0.5) is 0 Å². The third kappa shape index (κ3) is 3.66. The van der Waals surface area contributed by atoms with Crippen molar-refractivity contribution >= 4 is 9.84 Å². The molecular formula is C12H24N2O2S. The highest BCUT2D eigenvalue weighted by Gasteiger charge is 2.29. The molecule has 0 aromatic carbocycles. The quantitative estimate of drug-likeness (QED) is 0.707. The Morgan fingerprint density at radius 3 is 2.53 bits per heavy atom. The van der Waals surface area contributed by atoms with Crippen molar-refractivity contribution < 1.29 is 8.42 Å². The lowest BCUT2D eigenvalue weighted by Gasteiger charge is -2.33. The lowest BCUT2D eigenvalue weighted by atomic mass is 10.0. The minimum Gasteiger partial charge on any atom is -0.326 e. The Labute approximate surface area is 104 Å². The van der Waals surface area contributed by atoms with E-state index in [-0.39, 0.29) is 6.04 Å². The van der Waals surface area contributed by atoms with E-state index in [0.717, 1.165) is 25.8 Å². The van der Waals surface area contributed by atoms with Crippen LogP contribution in [0.2, 0.25) is 0 Å². The van der Waals surface area contributed by atoms with E-state index >= 15 is 0 Å². The Bertz CT molecular complexity index is 342. The molecule has 2 unspecified atom stereocenters. The van der Waals surface area contributed by atoms with Gasteiger partial charge in [0.1, 0.15) is 0 Å². The molecule has 0 amide bonds. The van der Waals surface area contributed by atoms with Gasteiger partial charge >= 0.3 is 0 Å². The highest BCUT2D eigenvalue weighted by molar-refractivity contribution is 7.91. The van der Waals surface area contributed by atoms with E-state index in [1.165, 1.54) is 19.3 Å². The molecule has 2 atom stereocenters. The van der Waals surface area contributed by atoms with Crippen LogP contribution in [0.3, 0.4) is 0 Å². The van der Waals surface area contributed by atoms with E-state index in [4.69, 9.17) is 5.73 Å². The van der Waals surface area contributed by atoms with Crippen LogP contribution >= 0.6 is 0 Å². The summed E-state index contributed by atoms with van der Waals surface area (Å²) in [4.78, 5) is 2.33. The molecule has 100 valence electrons. The summed E-state index contributed by atoms with van der Waals surface area (Å²) in [6.07, 6.45) is 6.74. The zero-order valence-corrected chi connectivity index (χ0v) is 11.3. The maximum atomic E-state index is 11.6. The Morgan fingerprint density at radius 1 is 0.941 bits per heavy atom. The fraction of sp³-hybridized carbons (Fsp3) is 1.00. The second-order valence-corrected chi connectivity index (χ2v) is 7.71. The highest BCUT2D eigenvalue weighted by Crippen LogP contribution is 2.22. The average Bonchev–Trinajstić information content (AvgIpc) is 2.57. The van der Waals surface area contributed by atoms with Crippen molar-refractivity contribution in [3.63, 3.8) is 0 Å². The predicted octanol–water partition coefficient (Wildman–Crippen LogP) is 0.767. The van der Waals surface area contributed by atoms with E-state index in [1.807, 2.05) is 0 Å². The van der Waals surface area contributed by atoms with E-state index < -0.39 is 9.84 Å². The Kier molecular flexibility index (Phi) is 4.44. The number of hydrogen-bond donors (Lipinski definition) is 1. The molecule has 2 aliphatic rings. The van der Waals surface area contributed by atoms with Crippen molar-refractivity contribution in [1.29, 1.82) is 0 Å². The zero-order valence-electron chi connectivity index (χ0n) is 10.5. The topological polar surface area (TPSA) is 63.4 Å². The van der Waals surface area contributed by atoms with Gasteiger partial charge in [0.05, 0.1) is 11.5 Å². The third-order valence-electron chi connectivity index (χ3n) is 4.09.